The van der Waals surface area contributed by atoms with Crippen molar-refractivity contribution in [2.45, 2.75) is 18.6 Å². The van der Waals surface area contributed by atoms with Crippen LogP contribution in [0.25, 0.3) is 0 Å². The Morgan fingerprint density at radius 1 is 0.968 bits per heavy atom. The van der Waals surface area contributed by atoms with E-state index in [1.807, 2.05) is 71.5 Å². The van der Waals surface area contributed by atoms with E-state index < -0.39 is 0 Å². The van der Waals surface area contributed by atoms with Gasteiger partial charge in [0.2, 0.25) is 0 Å². The summed E-state index contributed by atoms with van der Waals surface area (Å²) in [4.78, 5) is 16.3. The van der Waals surface area contributed by atoms with Gasteiger partial charge < -0.3 is 10.2 Å². The zero-order chi connectivity index (χ0) is 21.0. The van der Waals surface area contributed by atoms with E-state index in [1.165, 1.54) is 0 Å². The molecule has 2 amide bonds. The summed E-state index contributed by atoms with van der Waals surface area (Å²) in [5.41, 5.74) is 2.88. The van der Waals surface area contributed by atoms with Crippen LogP contribution in [0.2, 0.25) is 0 Å². The number of nitrogens with zero attached hydrogens (tertiary/aromatic N) is 7. The molecule has 0 saturated carbocycles. The smallest absolute Gasteiger partial charge is 0.318 e. The number of urea groups is 1. The quantitative estimate of drug-likeness (QED) is 0.522. The van der Waals surface area contributed by atoms with E-state index in [-0.39, 0.29) is 18.1 Å². The molecule has 2 aromatic carbocycles. The third kappa shape index (κ3) is 4.16. The molecule has 0 bridgehead atoms. The molecule has 1 aliphatic rings. The molecule has 0 aliphatic carbocycles. The Morgan fingerprint density at radius 2 is 1.58 bits per heavy atom. The number of hydrogen-bond acceptors (Lipinski definition) is 5. The maximum atomic E-state index is 12.9. The summed E-state index contributed by atoms with van der Waals surface area (Å²) in [5.74, 6) is 0. The Bertz CT molecular complexity index is 1080. The number of amides is 2. The van der Waals surface area contributed by atoms with Gasteiger partial charge in [-0.05, 0) is 11.1 Å². The van der Waals surface area contributed by atoms with Crippen LogP contribution in [0.4, 0.5) is 4.79 Å². The summed E-state index contributed by atoms with van der Waals surface area (Å²) in [6, 6.07) is 19.8. The summed E-state index contributed by atoms with van der Waals surface area (Å²) in [6.45, 7) is 1.65. The van der Waals surface area contributed by atoms with Crippen LogP contribution in [0.3, 0.4) is 0 Å². The van der Waals surface area contributed by atoms with Crippen molar-refractivity contribution in [3.8, 4) is 0 Å². The standard InChI is InChI=1S/C22H22N8O/c31-22(25-21(17-7-3-1-4-8-17)18-9-5-2-6-10-18)28-15-20(16-28)29-13-19(26-27-29)14-30-23-11-12-24-30/h1-13,20-21H,14-16H2,(H,25,31). The highest BCUT2D eigenvalue weighted by atomic mass is 16.2. The van der Waals surface area contributed by atoms with Crippen molar-refractivity contribution in [2.24, 2.45) is 0 Å². The van der Waals surface area contributed by atoms with Crippen molar-refractivity contribution in [3.05, 3.63) is 96.1 Å². The topological polar surface area (TPSA) is 93.8 Å². The van der Waals surface area contributed by atoms with Crippen molar-refractivity contribution in [3.63, 3.8) is 0 Å². The molecule has 1 N–H and O–H groups in total. The number of aromatic nitrogens is 6. The number of hydrogen-bond donors (Lipinski definition) is 1. The number of likely N-dealkylation sites (tertiary alicyclic amines) is 1. The maximum absolute atomic E-state index is 12.9. The Labute approximate surface area is 179 Å². The van der Waals surface area contributed by atoms with Crippen LogP contribution in [-0.2, 0) is 6.54 Å². The average Bonchev–Trinajstić information content (AvgIpc) is 3.45. The van der Waals surface area contributed by atoms with E-state index in [0.29, 0.717) is 19.6 Å². The summed E-state index contributed by atoms with van der Waals surface area (Å²) in [6.07, 6.45) is 5.15. The fourth-order valence-corrected chi connectivity index (χ4v) is 3.69. The molecule has 0 atom stereocenters. The molecular formula is C22H22N8O. The van der Waals surface area contributed by atoms with Crippen LogP contribution in [0.5, 0.6) is 0 Å². The maximum Gasteiger partial charge on any atom is 0.318 e. The molecule has 4 aromatic rings. The average molecular weight is 414 g/mol. The first-order chi connectivity index (χ1) is 15.3. The third-order valence-corrected chi connectivity index (χ3v) is 5.38. The highest BCUT2D eigenvalue weighted by Crippen LogP contribution is 2.25. The zero-order valence-corrected chi connectivity index (χ0v) is 16.8. The Kier molecular flexibility index (Phi) is 5.14. The molecule has 0 radical (unpaired) electrons. The summed E-state index contributed by atoms with van der Waals surface area (Å²) < 4.78 is 1.81. The molecule has 156 valence electrons. The van der Waals surface area contributed by atoms with Crippen molar-refractivity contribution < 1.29 is 4.79 Å². The molecule has 9 heteroatoms. The van der Waals surface area contributed by atoms with Gasteiger partial charge in [0.05, 0.1) is 30.7 Å². The minimum Gasteiger partial charge on any atom is -0.327 e. The number of carbonyl (C=O) groups is 1. The third-order valence-electron chi connectivity index (χ3n) is 5.38. The molecule has 5 rings (SSSR count). The number of nitrogens with one attached hydrogen (secondary N) is 1. The van der Waals surface area contributed by atoms with Crippen LogP contribution < -0.4 is 5.32 Å². The monoisotopic (exact) mass is 414 g/mol. The fraction of sp³-hybridized carbons (Fsp3) is 0.227. The van der Waals surface area contributed by atoms with Gasteiger partial charge in [0.15, 0.2) is 0 Å². The summed E-state index contributed by atoms with van der Waals surface area (Å²) >= 11 is 0. The molecular weight excluding hydrogens is 392 g/mol. The Balaban J connectivity index is 1.22. The summed E-state index contributed by atoms with van der Waals surface area (Å²) in [5, 5.41) is 19.7. The second-order valence-corrected chi connectivity index (χ2v) is 7.51. The molecule has 1 aliphatic heterocycles. The van der Waals surface area contributed by atoms with Gasteiger partial charge in [-0.3, -0.25) is 0 Å². The lowest BCUT2D eigenvalue weighted by molar-refractivity contribution is 0.116. The number of benzene rings is 2. The molecule has 0 unspecified atom stereocenters. The highest BCUT2D eigenvalue weighted by molar-refractivity contribution is 5.76. The fourth-order valence-electron chi connectivity index (χ4n) is 3.69. The molecule has 2 aromatic heterocycles. The lowest BCUT2D eigenvalue weighted by atomic mass is 9.99. The van der Waals surface area contributed by atoms with E-state index in [1.54, 1.807) is 22.1 Å². The van der Waals surface area contributed by atoms with Crippen LogP contribution >= 0.6 is 0 Å². The van der Waals surface area contributed by atoms with Gasteiger partial charge in [-0.2, -0.15) is 15.0 Å². The van der Waals surface area contributed by atoms with E-state index in [0.717, 1.165) is 16.8 Å². The van der Waals surface area contributed by atoms with Gasteiger partial charge in [-0.1, -0.05) is 65.9 Å². The van der Waals surface area contributed by atoms with E-state index in [9.17, 15) is 4.79 Å². The number of carbonyl (C=O) groups excluding carboxylic acids is 1. The highest BCUT2D eigenvalue weighted by Gasteiger charge is 2.34. The first kappa shape index (κ1) is 19.0. The minimum atomic E-state index is -0.200. The SMILES string of the molecule is O=C(NC(c1ccccc1)c1ccccc1)N1CC(n2cc(Cn3nccn3)nn2)C1. The predicted molar refractivity (Wildman–Crippen MR) is 113 cm³/mol. The molecule has 0 spiro atoms. The lowest BCUT2D eigenvalue weighted by Crippen LogP contribution is -2.55. The Hall–Kier alpha value is -4.01. The van der Waals surface area contributed by atoms with Gasteiger partial charge in [0, 0.05) is 13.1 Å². The van der Waals surface area contributed by atoms with E-state index in [2.05, 4.69) is 25.8 Å². The number of rotatable bonds is 6. The second kappa shape index (κ2) is 8.39. The minimum absolute atomic E-state index is 0.0879. The van der Waals surface area contributed by atoms with Crippen molar-refractivity contribution >= 4 is 6.03 Å². The molecule has 1 saturated heterocycles. The van der Waals surface area contributed by atoms with Gasteiger partial charge >= 0.3 is 6.03 Å². The summed E-state index contributed by atoms with van der Waals surface area (Å²) in [7, 11) is 0. The van der Waals surface area contributed by atoms with Crippen molar-refractivity contribution in [1.29, 1.82) is 0 Å². The predicted octanol–water partition coefficient (Wildman–Crippen LogP) is 2.27. The van der Waals surface area contributed by atoms with Gasteiger partial charge in [0.1, 0.15) is 12.2 Å². The van der Waals surface area contributed by atoms with Gasteiger partial charge in [-0.25, -0.2) is 9.48 Å². The van der Waals surface area contributed by atoms with Crippen molar-refractivity contribution in [2.75, 3.05) is 13.1 Å². The second-order valence-electron chi connectivity index (χ2n) is 7.51. The first-order valence-electron chi connectivity index (χ1n) is 10.2. The van der Waals surface area contributed by atoms with Crippen LogP contribution in [-0.4, -0.2) is 54.0 Å². The van der Waals surface area contributed by atoms with Crippen LogP contribution in [0, 0.1) is 0 Å². The first-order valence-corrected chi connectivity index (χ1v) is 10.2. The van der Waals surface area contributed by atoms with Crippen LogP contribution in [0.15, 0.2) is 79.3 Å². The van der Waals surface area contributed by atoms with Crippen LogP contribution in [0.1, 0.15) is 28.9 Å². The molecule has 1 fully saturated rings. The molecule has 31 heavy (non-hydrogen) atoms. The lowest BCUT2D eigenvalue weighted by Gasteiger charge is -2.39. The molecule has 9 nitrogen and oxygen atoms in total. The van der Waals surface area contributed by atoms with Crippen molar-refractivity contribution in [1.82, 2.24) is 40.2 Å². The largest absolute Gasteiger partial charge is 0.327 e. The Morgan fingerprint density at radius 3 is 2.19 bits per heavy atom. The zero-order valence-electron chi connectivity index (χ0n) is 16.8. The molecule has 3 heterocycles. The van der Waals surface area contributed by atoms with E-state index in [4.69, 9.17) is 0 Å². The van der Waals surface area contributed by atoms with Gasteiger partial charge in [0.25, 0.3) is 0 Å². The van der Waals surface area contributed by atoms with E-state index >= 15 is 0 Å². The van der Waals surface area contributed by atoms with Gasteiger partial charge in [-0.15, -0.1) is 5.10 Å². The normalized spacial score (nSPS) is 13.9.